The molecule has 1 fully saturated rings. The molecule has 37 heavy (non-hydrogen) atoms. The quantitative estimate of drug-likeness (QED) is 0.252. The van der Waals surface area contributed by atoms with Gasteiger partial charge in [0.05, 0.1) is 30.6 Å². The summed E-state index contributed by atoms with van der Waals surface area (Å²) in [6.45, 7) is 2.75. The molecule has 2 bridgehead atoms. The summed E-state index contributed by atoms with van der Waals surface area (Å²) in [4.78, 5) is 41.1. The smallest absolute Gasteiger partial charge is 0.338 e. The molecule has 0 spiro atoms. The molecule has 0 saturated carbocycles. The van der Waals surface area contributed by atoms with Crippen LogP contribution in [0.15, 0.2) is 72.8 Å². The van der Waals surface area contributed by atoms with Gasteiger partial charge in [0, 0.05) is 11.8 Å². The third-order valence-electron chi connectivity index (χ3n) is 7.94. The van der Waals surface area contributed by atoms with Gasteiger partial charge in [-0.1, -0.05) is 61.9 Å². The van der Waals surface area contributed by atoms with Gasteiger partial charge in [-0.2, -0.15) is 0 Å². The van der Waals surface area contributed by atoms with E-state index < -0.39 is 17.8 Å². The van der Waals surface area contributed by atoms with E-state index in [2.05, 4.69) is 31.2 Å². The molecule has 3 aromatic carbocycles. The van der Waals surface area contributed by atoms with Crippen LogP contribution in [0.4, 0.5) is 0 Å². The van der Waals surface area contributed by atoms with Crippen molar-refractivity contribution in [3.05, 3.63) is 101 Å². The SMILES string of the molecule is CCCCOc1ccc(C(=O)OCCN2C(=O)C3C4c5ccccc5C(c5ccccc54)C3C2=O)cc1. The maximum Gasteiger partial charge on any atom is 0.338 e. The fourth-order valence-corrected chi connectivity index (χ4v) is 6.29. The number of hydrogen-bond acceptors (Lipinski definition) is 5. The van der Waals surface area contributed by atoms with Crippen LogP contribution in [0.5, 0.6) is 5.75 Å². The van der Waals surface area contributed by atoms with E-state index in [4.69, 9.17) is 9.47 Å². The van der Waals surface area contributed by atoms with Crippen molar-refractivity contribution in [3.63, 3.8) is 0 Å². The lowest BCUT2D eigenvalue weighted by Crippen LogP contribution is -2.41. The van der Waals surface area contributed by atoms with Crippen molar-refractivity contribution in [2.45, 2.75) is 31.6 Å². The predicted molar refractivity (Wildman–Crippen MR) is 137 cm³/mol. The van der Waals surface area contributed by atoms with Crippen molar-refractivity contribution in [2.24, 2.45) is 11.8 Å². The van der Waals surface area contributed by atoms with Crippen LogP contribution in [0.1, 0.15) is 64.2 Å². The number of unbranched alkanes of at least 4 members (excludes halogenated alkanes) is 1. The first kappa shape index (κ1) is 23.5. The Morgan fingerprint density at radius 2 is 1.27 bits per heavy atom. The Balaban J connectivity index is 1.15. The third kappa shape index (κ3) is 3.82. The Kier molecular flexibility index (Phi) is 6.03. The Morgan fingerprint density at radius 3 is 1.76 bits per heavy atom. The first-order valence-electron chi connectivity index (χ1n) is 13.0. The minimum atomic E-state index is -0.489. The number of rotatable bonds is 8. The van der Waals surface area contributed by atoms with Gasteiger partial charge in [-0.25, -0.2) is 4.79 Å². The number of likely N-dealkylation sites (tertiary alicyclic amines) is 1. The topological polar surface area (TPSA) is 72.9 Å². The Bertz CT molecular complexity index is 1250. The second-order valence-corrected chi connectivity index (χ2v) is 9.96. The normalized spacial score (nSPS) is 22.9. The van der Waals surface area contributed by atoms with E-state index in [0.29, 0.717) is 17.9 Å². The molecule has 6 nitrogen and oxygen atoms in total. The van der Waals surface area contributed by atoms with Crippen molar-refractivity contribution >= 4 is 17.8 Å². The zero-order valence-electron chi connectivity index (χ0n) is 20.8. The zero-order chi connectivity index (χ0) is 25.5. The summed E-state index contributed by atoms with van der Waals surface area (Å²) in [5.74, 6) is -1.23. The van der Waals surface area contributed by atoms with Crippen molar-refractivity contribution < 1.29 is 23.9 Å². The lowest BCUT2D eigenvalue weighted by molar-refractivity contribution is -0.140. The van der Waals surface area contributed by atoms with Crippen LogP contribution in [0.25, 0.3) is 0 Å². The lowest BCUT2D eigenvalue weighted by atomic mass is 9.55. The first-order valence-corrected chi connectivity index (χ1v) is 13.0. The molecule has 7 rings (SSSR count). The number of nitrogens with zero attached hydrogens (tertiary/aromatic N) is 1. The van der Waals surface area contributed by atoms with Gasteiger partial charge in [0.1, 0.15) is 12.4 Å². The van der Waals surface area contributed by atoms with Gasteiger partial charge >= 0.3 is 5.97 Å². The molecule has 0 radical (unpaired) electrons. The fraction of sp³-hybridized carbons (Fsp3) is 0.323. The second kappa shape index (κ2) is 9.51. The van der Waals surface area contributed by atoms with E-state index in [1.165, 1.54) is 4.90 Å². The molecule has 6 heteroatoms. The van der Waals surface area contributed by atoms with Crippen LogP contribution in [-0.4, -0.2) is 42.4 Å². The maximum absolute atomic E-state index is 13.6. The average molecular weight is 496 g/mol. The van der Waals surface area contributed by atoms with Gasteiger partial charge in [0.25, 0.3) is 0 Å². The molecule has 1 saturated heterocycles. The molecule has 4 aliphatic rings. The zero-order valence-corrected chi connectivity index (χ0v) is 20.8. The molecule has 2 atom stereocenters. The summed E-state index contributed by atoms with van der Waals surface area (Å²) in [5.41, 5.74) is 4.97. The second-order valence-electron chi connectivity index (χ2n) is 9.96. The maximum atomic E-state index is 13.6. The molecule has 3 aromatic rings. The van der Waals surface area contributed by atoms with E-state index in [9.17, 15) is 14.4 Å². The molecule has 0 aromatic heterocycles. The van der Waals surface area contributed by atoms with Crippen molar-refractivity contribution in [3.8, 4) is 5.75 Å². The molecule has 188 valence electrons. The summed E-state index contributed by atoms with van der Waals surface area (Å²) >= 11 is 0. The highest BCUT2D eigenvalue weighted by Gasteiger charge is 2.61. The van der Waals surface area contributed by atoms with E-state index >= 15 is 0 Å². The standard InChI is InChI=1S/C31H29NO5/c1-2-3-17-36-20-14-12-19(13-15-20)31(35)37-18-16-32-29(33)27-25-21-8-4-5-9-22(21)26(28(27)30(32)34)24-11-7-6-10-23(24)25/h4-15,25-28H,2-3,16-18H2,1H3. The van der Waals surface area contributed by atoms with Crippen LogP contribution in [0, 0.1) is 11.8 Å². The highest BCUT2D eigenvalue weighted by atomic mass is 16.5. The number of hydrogen-bond donors (Lipinski definition) is 0. The third-order valence-corrected chi connectivity index (χ3v) is 7.94. The first-order chi connectivity index (χ1) is 18.1. The molecule has 2 unspecified atom stereocenters. The highest BCUT2D eigenvalue weighted by Crippen LogP contribution is 2.60. The monoisotopic (exact) mass is 495 g/mol. The summed E-state index contributed by atoms with van der Waals surface area (Å²) in [5, 5.41) is 0. The van der Waals surface area contributed by atoms with Crippen molar-refractivity contribution in [1.82, 2.24) is 4.90 Å². The van der Waals surface area contributed by atoms with E-state index in [1.807, 2.05) is 24.3 Å². The van der Waals surface area contributed by atoms with Gasteiger partial charge < -0.3 is 9.47 Å². The van der Waals surface area contributed by atoms with Crippen molar-refractivity contribution in [1.29, 1.82) is 0 Å². The van der Waals surface area contributed by atoms with Crippen LogP contribution in [-0.2, 0) is 14.3 Å². The molecule has 3 aliphatic carbocycles. The molecule has 0 N–H and O–H groups in total. The van der Waals surface area contributed by atoms with Gasteiger partial charge in [0.15, 0.2) is 0 Å². The van der Waals surface area contributed by atoms with E-state index in [0.717, 1.165) is 35.1 Å². The largest absolute Gasteiger partial charge is 0.494 e. The number of carbonyl (C=O) groups is 3. The van der Waals surface area contributed by atoms with Gasteiger partial charge in [-0.15, -0.1) is 0 Å². The highest BCUT2D eigenvalue weighted by molar-refractivity contribution is 6.07. The van der Waals surface area contributed by atoms with Crippen molar-refractivity contribution in [2.75, 3.05) is 19.8 Å². The van der Waals surface area contributed by atoms with Gasteiger partial charge in [-0.3, -0.25) is 14.5 Å². The summed E-state index contributed by atoms with van der Waals surface area (Å²) in [6.07, 6.45) is 2.02. The van der Waals surface area contributed by atoms with Gasteiger partial charge in [-0.05, 0) is 52.9 Å². The van der Waals surface area contributed by atoms with E-state index in [-0.39, 0.29) is 36.8 Å². The molecule has 1 heterocycles. The van der Waals surface area contributed by atoms with Crippen LogP contribution in [0.3, 0.4) is 0 Å². The Morgan fingerprint density at radius 1 is 0.757 bits per heavy atom. The van der Waals surface area contributed by atoms with E-state index in [1.54, 1.807) is 24.3 Å². The minimum Gasteiger partial charge on any atom is -0.494 e. The summed E-state index contributed by atoms with van der Waals surface area (Å²) in [7, 11) is 0. The Labute approximate surface area is 216 Å². The number of ether oxygens (including phenoxy) is 2. The number of benzene rings is 3. The lowest BCUT2D eigenvalue weighted by Gasteiger charge is -2.45. The van der Waals surface area contributed by atoms with Gasteiger partial charge in [0.2, 0.25) is 11.8 Å². The molecular weight excluding hydrogens is 466 g/mol. The summed E-state index contributed by atoms with van der Waals surface area (Å²) < 4.78 is 11.1. The van der Waals surface area contributed by atoms with Crippen LogP contribution >= 0.6 is 0 Å². The number of esters is 1. The number of amides is 2. The Hall–Kier alpha value is -3.93. The predicted octanol–water partition coefficient (Wildman–Crippen LogP) is 4.91. The van der Waals surface area contributed by atoms with Crippen LogP contribution in [0.2, 0.25) is 0 Å². The minimum absolute atomic E-state index is 0.0419. The number of carbonyl (C=O) groups excluding carboxylic acids is 3. The average Bonchev–Trinajstić information content (AvgIpc) is 3.19. The molecule has 2 amide bonds. The molecular formula is C31H29NO5. The molecule has 1 aliphatic heterocycles. The summed E-state index contributed by atoms with van der Waals surface area (Å²) in [6, 6.07) is 23.2. The van der Waals surface area contributed by atoms with Crippen LogP contribution < -0.4 is 4.74 Å². The number of imide groups is 1. The fourth-order valence-electron chi connectivity index (χ4n) is 6.29.